The molecule has 0 aliphatic heterocycles. The SMILES string of the molecule is Cc1cc(OC(=O)c2ccccc2)ccc1OCc1ccccc1. The molecule has 3 heteroatoms. The lowest BCUT2D eigenvalue weighted by molar-refractivity contribution is 0.0734. The van der Waals surface area contributed by atoms with Gasteiger partial charge in [0.05, 0.1) is 5.56 Å². The third-order valence-electron chi connectivity index (χ3n) is 3.60. The number of hydrogen-bond acceptors (Lipinski definition) is 3. The van der Waals surface area contributed by atoms with Crippen LogP contribution in [0.4, 0.5) is 0 Å². The van der Waals surface area contributed by atoms with Crippen molar-refractivity contribution in [1.82, 2.24) is 0 Å². The first-order valence-corrected chi connectivity index (χ1v) is 7.77. The van der Waals surface area contributed by atoms with Gasteiger partial charge in [0.15, 0.2) is 0 Å². The first-order valence-electron chi connectivity index (χ1n) is 7.77. The van der Waals surface area contributed by atoms with Gasteiger partial charge in [0.25, 0.3) is 0 Å². The van der Waals surface area contributed by atoms with E-state index in [0.29, 0.717) is 17.9 Å². The van der Waals surface area contributed by atoms with Crippen molar-refractivity contribution in [2.45, 2.75) is 13.5 Å². The number of esters is 1. The molecule has 0 saturated carbocycles. The molecule has 24 heavy (non-hydrogen) atoms. The van der Waals surface area contributed by atoms with Crippen LogP contribution in [0.3, 0.4) is 0 Å². The topological polar surface area (TPSA) is 35.5 Å². The third kappa shape index (κ3) is 4.02. The summed E-state index contributed by atoms with van der Waals surface area (Å²) >= 11 is 0. The van der Waals surface area contributed by atoms with Crippen LogP contribution < -0.4 is 9.47 Å². The highest BCUT2D eigenvalue weighted by atomic mass is 16.5. The maximum absolute atomic E-state index is 12.1. The van der Waals surface area contributed by atoms with E-state index in [1.54, 1.807) is 24.3 Å². The average molecular weight is 318 g/mol. The maximum atomic E-state index is 12.1. The van der Waals surface area contributed by atoms with Crippen molar-refractivity contribution in [2.75, 3.05) is 0 Å². The average Bonchev–Trinajstić information content (AvgIpc) is 2.62. The number of carbonyl (C=O) groups is 1. The van der Waals surface area contributed by atoms with E-state index in [2.05, 4.69) is 0 Å². The predicted octanol–water partition coefficient (Wildman–Crippen LogP) is 4.79. The molecule has 0 N–H and O–H groups in total. The molecule has 0 radical (unpaired) electrons. The summed E-state index contributed by atoms with van der Waals surface area (Å²) in [6, 6.07) is 24.3. The monoisotopic (exact) mass is 318 g/mol. The van der Waals surface area contributed by atoms with Gasteiger partial charge in [-0.05, 0) is 48.4 Å². The first-order chi connectivity index (χ1) is 11.7. The van der Waals surface area contributed by atoms with Crippen LogP contribution in [0.5, 0.6) is 11.5 Å². The van der Waals surface area contributed by atoms with Crippen molar-refractivity contribution >= 4 is 5.97 Å². The highest BCUT2D eigenvalue weighted by Gasteiger charge is 2.09. The number of benzene rings is 3. The van der Waals surface area contributed by atoms with E-state index in [9.17, 15) is 4.79 Å². The zero-order valence-electron chi connectivity index (χ0n) is 13.4. The van der Waals surface area contributed by atoms with Crippen molar-refractivity contribution in [3.8, 4) is 11.5 Å². The summed E-state index contributed by atoms with van der Waals surface area (Å²) in [6.45, 7) is 2.44. The lowest BCUT2D eigenvalue weighted by Gasteiger charge is -2.11. The highest BCUT2D eigenvalue weighted by Crippen LogP contribution is 2.25. The van der Waals surface area contributed by atoms with Crippen LogP contribution in [0.15, 0.2) is 78.9 Å². The summed E-state index contributed by atoms with van der Waals surface area (Å²) in [5, 5.41) is 0. The summed E-state index contributed by atoms with van der Waals surface area (Å²) in [5.41, 5.74) is 2.56. The zero-order valence-corrected chi connectivity index (χ0v) is 13.4. The quantitative estimate of drug-likeness (QED) is 0.501. The smallest absolute Gasteiger partial charge is 0.343 e. The van der Waals surface area contributed by atoms with Gasteiger partial charge in [-0.2, -0.15) is 0 Å². The van der Waals surface area contributed by atoms with Gasteiger partial charge in [-0.3, -0.25) is 0 Å². The fraction of sp³-hybridized carbons (Fsp3) is 0.0952. The van der Waals surface area contributed by atoms with E-state index >= 15 is 0 Å². The standard InChI is InChI=1S/C21H18O3/c1-16-14-19(24-21(22)18-10-6-3-7-11-18)12-13-20(16)23-15-17-8-4-2-5-9-17/h2-14H,15H2,1H3. The summed E-state index contributed by atoms with van der Waals surface area (Å²) in [4.78, 5) is 12.1. The van der Waals surface area contributed by atoms with E-state index in [0.717, 1.165) is 16.9 Å². The van der Waals surface area contributed by atoms with E-state index in [1.807, 2.05) is 61.5 Å². The first kappa shape index (κ1) is 15.8. The fourth-order valence-electron chi connectivity index (χ4n) is 2.32. The molecule has 0 atom stereocenters. The van der Waals surface area contributed by atoms with Gasteiger partial charge in [0.2, 0.25) is 0 Å². The molecule has 0 aliphatic rings. The van der Waals surface area contributed by atoms with Gasteiger partial charge in [-0.1, -0.05) is 48.5 Å². The molecule has 3 nitrogen and oxygen atoms in total. The lowest BCUT2D eigenvalue weighted by Crippen LogP contribution is -2.08. The molecule has 0 spiro atoms. The fourth-order valence-corrected chi connectivity index (χ4v) is 2.32. The van der Waals surface area contributed by atoms with Crippen LogP contribution in [0, 0.1) is 6.92 Å². The van der Waals surface area contributed by atoms with Gasteiger partial charge in [0.1, 0.15) is 18.1 Å². The highest BCUT2D eigenvalue weighted by molar-refractivity contribution is 5.91. The number of rotatable bonds is 5. The lowest BCUT2D eigenvalue weighted by atomic mass is 10.2. The zero-order chi connectivity index (χ0) is 16.8. The van der Waals surface area contributed by atoms with Gasteiger partial charge in [0, 0.05) is 0 Å². The Balaban J connectivity index is 1.65. The molecule has 0 aliphatic carbocycles. The van der Waals surface area contributed by atoms with E-state index < -0.39 is 0 Å². The van der Waals surface area contributed by atoms with Crippen LogP contribution in [0.1, 0.15) is 21.5 Å². The van der Waals surface area contributed by atoms with Gasteiger partial charge in [-0.15, -0.1) is 0 Å². The minimum absolute atomic E-state index is 0.368. The van der Waals surface area contributed by atoms with Crippen LogP contribution in [0.25, 0.3) is 0 Å². The van der Waals surface area contributed by atoms with Crippen molar-refractivity contribution in [2.24, 2.45) is 0 Å². The van der Waals surface area contributed by atoms with E-state index in [4.69, 9.17) is 9.47 Å². The van der Waals surface area contributed by atoms with Crippen LogP contribution in [0.2, 0.25) is 0 Å². The number of carbonyl (C=O) groups excluding carboxylic acids is 1. The van der Waals surface area contributed by atoms with Gasteiger partial charge in [-0.25, -0.2) is 4.79 Å². The Hall–Kier alpha value is -3.07. The summed E-state index contributed by atoms with van der Waals surface area (Å²) in [6.07, 6.45) is 0. The molecule has 0 aromatic heterocycles. The molecule has 0 unspecified atom stereocenters. The summed E-state index contributed by atoms with van der Waals surface area (Å²) in [7, 11) is 0. The maximum Gasteiger partial charge on any atom is 0.343 e. The molecule has 3 rings (SSSR count). The molecule has 0 saturated heterocycles. The van der Waals surface area contributed by atoms with E-state index in [-0.39, 0.29) is 5.97 Å². The molecule has 0 amide bonds. The second-order valence-corrected chi connectivity index (χ2v) is 5.46. The number of hydrogen-bond donors (Lipinski definition) is 0. The third-order valence-corrected chi connectivity index (χ3v) is 3.60. The van der Waals surface area contributed by atoms with Crippen LogP contribution in [-0.4, -0.2) is 5.97 Å². The van der Waals surface area contributed by atoms with Crippen molar-refractivity contribution < 1.29 is 14.3 Å². The molecule has 3 aromatic rings. The van der Waals surface area contributed by atoms with Crippen LogP contribution >= 0.6 is 0 Å². The molecule has 0 bridgehead atoms. The van der Waals surface area contributed by atoms with Gasteiger partial charge < -0.3 is 9.47 Å². The van der Waals surface area contributed by atoms with Gasteiger partial charge >= 0.3 is 5.97 Å². The molecule has 3 aromatic carbocycles. The Labute approximate surface area is 141 Å². The van der Waals surface area contributed by atoms with E-state index in [1.165, 1.54) is 0 Å². The van der Waals surface area contributed by atoms with Crippen LogP contribution in [-0.2, 0) is 6.61 Å². The second kappa shape index (κ2) is 7.47. The summed E-state index contributed by atoms with van der Waals surface area (Å²) in [5.74, 6) is 0.916. The van der Waals surface area contributed by atoms with Crippen molar-refractivity contribution in [3.63, 3.8) is 0 Å². The summed E-state index contributed by atoms with van der Waals surface area (Å²) < 4.78 is 11.2. The molecular formula is C21H18O3. The number of aryl methyl sites for hydroxylation is 1. The largest absolute Gasteiger partial charge is 0.489 e. The minimum Gasteiger partial charge on any atom is -0.489 e. The molecule has 120 valence electrons. The van der Waals surface area contributed by atoms with Crippen molar-refractivity contribution in [1.29, 1.82) is 0 Å². The second-order valence-electron chi connectivity index (χ2n) is 5.46. The Kier molecular flexibility index (Phi) is 4.92. The number of ether oxygens (including phenoxy) is 2. The Bertz CT molecular complexity index is 811. The molecule has 0 heterocycles. The Morgan fingerprint density at radius 1 is 0.875 bits per heavy atom. The predicted molar refractivity (Wildman–Crippen MR) is 93.4 cm³/mol. The molecular weight excluding hydrogens is 300 g/mol. The minimum atomic E-state index is -0.368. The normalized spacial score (nSPS) is 10.2. The Morgan fingerprint density at radius 3 is 2.21 bits per heavy atom. The molecule has 0 fully saturated rings. The Morgan fingerprint density at radius 2 is 1.54 bits per heavy atom. The van der Waals surface area contributed by atoms with Crippen molar-refractivity contribution in [3.05, 3.63) is 95.6 Å².